The van der Waals surface area contributed by atoms with Gasteiger partial charge in [-0.15, -0.1) is 0 Å². The van der Waals surface area contributed by atoms with Crippen molar-refractivity contribution >= 4 is 23.1 Å². The second-order valence-electron chi connectivity index (χ2n) is 4.93. The maximum atomic E-state index is 11.8. The molecule has 4 heteroatoms. The molecule has 0 aliphatic heterocycles. The number of hydrogen-bond donors (Lipinski definition) is 2. The van der Waals surface area contributed by atoms with E-state index < -0.39 is 0 Å². The fourth-order valence-electron chi connectivity index (χ4n) is 1.57. The Morgan fingerprint density at radius 1 is 1.35 bits per heavy atom. The predicted molar refractivity (Wildman–Crippen MR) is 72.0 cm³/mol. The zero-order chi connectivity index (χ0) is 12.5. The highest BCUT2D eigenvalue weighted by atomic mass is 32.1. The van der Waals surface area contributed by atoms with Gasteiger partial charge < -0.3 is 11.1 Å². The zero-order valence-electron chi connectivity index (χ0n) is 9.82. The summed E-state index contributed by atoms with van der Waals surface area (Å²) in [6.07, 6.45) is 2.40. The molecule has 1 aromatic rings. The molecule has 3 N–H and O–H groups in total. The number of thiocarbonyl (C=S) groups is 1. The van der Waals surface area contributed by atoms with E-state index >= 15 is 0 Å². The standard InChI is InChI=1S/C13H16N2OS/c1-13(6-7-13)8-15-12(16)10-4-2-9(3-5-10)11(14)17/h2-5H,6-8H2,1H3,(H2,14,17)(H,15,16). The maximum Gasteiger partial charge on any atom is 0.251 e. The average Bonchev–Trinajstić information content (AvgIpc) is 3.05. The minimum absolute atomic E-state index is 0.0346. The van der Waals surface area contributed by atoms with Gasteiger partial charge in [-0.2, -0.15) is 0 Å². The van der Waals surface area contributed by atoms with E-state index in [9.17, 15) is 4.79 Å². The summed E-state index contributed by atoms with van der Waals surface area (Å²) in [6, 6.07) is 7.05. The van der Waals surface area contributed by atoms with Gasteiger partial charge in [0.1, 0.15) is 4.99 Å². The SMILES string of the molecule is CC1(CNC(=O)c2ccc(C(N)=S)cc2)CC1. The van der Waals surface area contributed by atoms with Crippen LogP contribution in [0, 0.1) is 5.41 Å². The van der Waals surface area contributed by atoms with Crippen molar-refractivity contribution in [3.8, 4) is 0 Å². The molecule has 90 valence electrons. The van der Waals surface area contributed by atoms with Crippen molar-refractivity contribution in [1.82, 2.24) is 5.32 Å². The fraction of sp³-hybridized carbons (Fsp3) is 0.385. The van der Waals surface area contributed by atoms with Gasteiger partial charge in [0, 0.05) is 17.7 Å². The van der Waals surface area contributed by atoms with Crippen molar-refractivity contribution in [1.29, 1.82) is 0 Å². The first-order chi connectivity index (χ1) is 8.00. The molecule has 1 aliphatic carbocycles. The first-order valence-electron chi connectivity index (χ1n) is 5.68. The van der Waals surface area contributed by atoms with E-state index in [-0.39, 0.29) is 5.91 Å². The number of carbonyl (C=O) groups is 1. The summed E-state index contributed by atoms with van der Waals surface area (Å²) in [5, 5.41) is 2.95. The van der Waals surface area contributed by atoms with E-state index in [1.54, 1.807) is 24.3 Å². The van der Waals surface area contributed by atoms with Gasteiger partial charge in [-0.05, 0) is 30.4 Å². The molecule has 0 atom stereocenters. The number of benzene rings is 1. The van der Waals surface area contributed by atoms with Gasteiger partial charge in [-0.25, -0.2) is 0 Å². The predicted octanol–water partition coefficient (Wildman–Crippen LogP) is 1.85. The van der Waals surface area contributed by atoms with Crippen LogP contribution in [0.25, 0.3) is 0 Å². The lowest BCUT2D eigenvalue weighted by Gasteiger charge is -2.10. The lowest BCUT2D eigenvalue weighted by molar-refractivity contribution is 0.0946. The Kier molecular flexibility index (Phi) is 3.15. The molecular weight excluding hydrogens is 232 g/mol. The molecule has 1 fully saturated rings. The van der Waals surface area contributed by atoms with Gasteiger partial charge in [0.25, 0.3) is 5.91 Å². The Hall–Kier alpha value is -1.42. The van der Waals surface area contributed by atoms with Crippen molar-refractivity contribution in [2.24, 2.45) is 11.1 Å². The van der Waals surface area contributed by atoms with E-state index in [0.29, 0.717) is 16.0 Å². The van der Waals surface area contributed by atoms with Crippen molar-refractivity contribution in [2.45, 2.75) is 19.8 Å². The molecule has 0 aromatic heterocycles. The largest absolute Gasteiger partial charge is 0.389 e. The molecule has 0 heterocycles. The number of rotatable bonds is 4. The third kappa shape index (κ3) is 3.03. The summed E-state index contributed by atoms with van der Waals surface area (Å²) < 4.78 is 0. The Morgan fingerprint density at radius 2 is 1.88 bits per heavy atom. The summed E-state index contributed by atoms with van der Waals surface area (Å²) in [5.41, 5.74) is 7.25. The van der Waals surface area contributed by atoms with E-state index in [4.69, 9.17) is 18.0 Å². The maximum absolute atomic E-state index is 11.8. The molecule has 0 saturated heterocycles. The summed E-state index contributed by atoms with van der Waals surface area (Å²) in [5.74, 6) is -0.0346. The van der Waals surface area contributed by atoms with Gasteiger partial charge in [-0.3, -0.25) is 4.79 Å². The molecule has 1 aliphatic rings. The molecule has 17 heavy (non-hydrogen) atoms. The Bertz CT molecular complexity index is 449. The van der Waals surface area contributed by atoms with Crippen LogP contribution in [0.4, 0.5) is 0 Å². The van der Waals surface area contributed by atoms with Gasteiger partial charge in [0.2, 0.25) is 0 Å². The third-order valence-corrected chi connectivity index (χ3v) is 3.45. The number of hydrogen-bond acceptors (Lipinski definition) is 2. The van der Waals surface area contributed by atoms with Crippen LogP contribution in [-0.4, -0.2) is 17.4 Å². The number of carbonyl (C=O) groups excluding carboxylic acids is 1. The van der Waals surface area contributed by atoms with Crippen LogP contribution in [0.1, 0.15) is 35.7 Å². The molecule has 0 spiro atoms. The minimum atomic E-state index is -0.0346. The average molecular weight is 248 g/mol. The monoisotopic (exact) mass is 248 g/mol. The zero-order valence-corrected chi connectivity index (χ0v) is 10.6. The quantitative estimate of drug-likeness (QED) is 0.800. The van der Waals surface area contributed by atoms with Crippen molar-refractivity contribution in [2.75, 3.05) is 6.54 Å². The van der Waals surface area contributed by atoms with Crippen LogP contribution in [0.2, 0.25) is 0 Å². The number of amides is 1. The second kappa shape index (κ2) is 4.45. The van der Waals surface area contributed by atoms with Crippen LogP contribution in [0.15, 0.2) is 24.3 Å². The smallest absolute Gasteiger partial charge is 0.251 e. The van der Waals surface area contributed by atoms with Crippen molar-refractivity contribution in [3.63, 3.8) is 0 Å². The Morgan fingerprint density at radius 3 is 2.35 bits per heavy atom. The molecule has 1 saturated carbocycles. The molecule has 1 amide bonds. The molecule has 2 rings (SSSR count). The lowest BCUT2D eigenvalue weighted by Crippen LogP contribution is -2.29. The van der Waals surface area contributed by atoms with Gasteiger partial charge in [-0.1, -0.05) is 31.3 Å². The first kappa shape index (κ1) is 12.0. The lowest BCUT2D eigenvalue weighted by atomic mass is 10.1. The number of nitrogens with one attached hydrogen (secondary N) is 1. The summed E-state index contributed by atoms with van der Waals surface area (Å²) in [7, 11) is 0. The van der Waals surface area contributed by atoms with Gasteiger partial charge in [0.05, 0.1) is 0 Å². The summed E-state index contributed by atoms with van der Waals surface area (Å²) in [6.45, 7) is 2.94. The van der Waals surface area contributed by atoms with Crippen LogP contribution >= 0.6 is 12.2 Å². The topological polar surface area (TPSA) is 55.1 Å². The minimum Gasteiger partial charge on any atom is -0.389 e. The molecule has 0 bridgehead atoms. The molecule has 3 nitrogen and oxygen atoms in total. The Labute approximate surface area is 106 Å². The van der Waals surface area contributed by atoms with Gasteiger partial charge in [0.15, 0.2) is 0 Å². The number of nitrogens with two attached hydrogens (primary N) is 1. The molecule has 0 unspecified atom stereocenters. The van der Waals surface area contributed by atoms with Crippen LogP contribution in [-0.2, 0) is 0 Å². The highest BCUT2D eigenvalue weighted by molar-refractivity contribution is 7.80. The Balaban J connectivity index is 1.96. The summed E-state index contributed by atoms with van der Waals surface area (Å²) >= 11 is 4.86. The van der Waals surface area contributed by atoms with Crippen molar-refractivity contribution < 1.29 is 4.79 Å². The molecule has 1 aromatic carbocycles. The van der Waals surface area contributed by atoms with Crippen molar-refractivity contribution in [3.05, 3.63) is 35.4 Å². The summed E-state index contributed by atoms with van der Waals surface area (Å²) in [4.78, 5) is 12.2. The molecular formula is C13H16N2OS. The first-order valence-corrected chi connectivity index (χ1v) is 6.09. The normalized spacial score (nSPS) is 16.3. The van der Waals surface area contributed by atoms with E-state index in [0.717, 1.165) is 12.1 Å². The van der Waals surface area contributed by atoms with Crippen LogP contribution in [0.3, 0.4) is 0 Å². The van der Waals surface area contributed by atoms with E-state index in [1.807, 2.05) is 0 Å². The second-order valence-corrected chi connectivity index (χ2v) is 5.37. The molecule has 0 radical (unpaired) electrons. The van der Waals surface area contributed by atoms with Gasteiger partial charge >= 0.3 is 0 Å². The van der Waals surface area contributed by atoms with E-state index in [1.165, 1.54) is 12.8 Å². The fourth-order valence-corrected chi connectivity index (χ4v) is 1.71. The third-order valence-electron chi connectivity index (χ3n) is 3.21. The van der Waals surface area contributed by atoms with Crippen LogP contribution < -0.4 is 11.1 Å². The highest BCUT2D eigenvalue weighted by Crippen LogP contribution is 2.44. The highest BCUT2D eigenvalue weighted by Gasteiger charge is 2.37. The van der Waals surface area contributed by atoms with Crippen LogP contribution in [0.5, 0.6) is 0 Å². The van der Waals surface area contributed by atoms with E-state index in [2.05, 4.69) is 12.2 Å².